The normalized spacial score (nSPS) is 11.2. The van der Waals surface area contributed by atoms with E-state index in [1.807, 2.05) is 0 Å². The van der Waals surface area contributed by atoms with E-state index >= 15 is 0 Å². The first kappa shape index (κ1) is 33.9. The molecule has 10 rings (SSSR count). The number of aromatic nitrogens is 1. The maximum absolute atomic E-state index is 2.38. The summed E-state index contributed by atoms with van der Waals surface area (Å²) in [5, 5.41) is 2.51. The Bertz CT molecular complexity index is 2920. The average molecular weight is 730 g/mol. The Labute approximate surface area is 333 Å². The molecule has 0 saturated carbocycles. The van der Waals surface area contributed by atoms with Crippen molar-refractivity contribution in [3.63, 3.8) is 0 Å². The molecule has 0 fully saturated rings. The van der Waals surface area contributed by atoms with Crippen molar-refractivity contribution in [3.05, 3.63) is 237 Å². The Morgan fingerprint density at radius 1 is 0.263 bits per heavy atom. The van der Waals surface area contributed by atoms with Crippen molar-refractivity contribution in [2.75, 3.05) is 9.80 Å². The van der Waals surface area contributed by atoms with E-state index < -0.39 is 0 Å². The van der Waals surface area contributed by atoms with Crippen LogP contribution in [0.2, 0.25) is 0 Å². The lowest BCUT2D eigenvalue weighted by molar-refractivity contribution is 1.18. The fourth-order valence-electron chi connectivity index (χ4n) is 8.09. The second-order valence-electron chi connectivity index (χ2n) is 14.2. The van der Waals surface area contributed by atoms with Gasteiger partial charge in [0.25, 0.3) is 0 Å². The molecule has 1 aromatic heterocycles. The van der Waals surface area contributed by atoms with Crippen LogP contribution in [-0.4, -0.2) is 4.57 Å². The fourth-order valence-corrected chi connectivity index (χ4v) is 8.09. The Morgan fingerprint density at radius 2 is 0.649 bits per heavy atom. The Hall–Kier alpha value is -7.62. The first-order valence-corrected chi connectivity index (χ1v) is 19.4. The topological polar surface area (TPSA) is 11.4 Å². The average Bonchev–Trinajstić information content (AvgIpc) is 3.63. The molecule has 0 atom stereocenters. The SMILES string of the molecule is c1ccc(-c2ccc(N(c3ccccc3)c3ccccc3N(c3ccccc3)c3ccc(-c4ccc5c6ccccc6n(-c6ccccc6)c5c4)cc3)cc2)cc1. The van der Waals surface area contributed by atoms with E-state index in [-0.39, 0.29) is 0 Å². The van der Waals surface area contributed by atoms with Gasteiger partial charge in [-0.2, -0.15) is 0 Å². The number of nitrogens with zero attached hydrogens (tertiary/aromatic N) is 3. The number of hydrogen-bond donors (Lipinski definition) is 0. The molecule has 9 aromatic carbocycles. The Morgan fingerprint density at radius 3 is 1.21 bits per heavy atom. The summed E-state index contributed by atoms with van der Waals surface area (Å²) >= 11 is 0. The molecule has 0 aliphatic heterocycles. The monoisotopic (exact) mass is 729 g/mol. The van der Waals surface area contributed by atoms with Gasteiger partial charge in [0.15, 0.2) is 0 Å². The van der Waals surface area contributed by atoms with Crippen molar-refractivity contribution in [2.24, 2.45) is 0 Å². The van der Waals surface area contributed by atoms with Gasteiger partial charge in [0.1, 0.15) is 0 Å². The zero-order valence-corrected chi connectivity index (χ0v) is 31.4. The first-order chi connectivity index (χ1) is 28.3. The smallest absolute Gasteiger partial charge is 0.0702 e. The van der Waals surface area contributed by atoms with Gasteiger partial charge in [-0.25, -0.2) is 0 Å². The lowest BCUT2D eigenvalue weighted by atomic mass is 10.0. The number of benzene rings is 9. The molecule has 0 bridgehead atoms. The van der Waals surface area contributed by atoms with Crippen LogP contribution in [0.3, 0.4) is 0 Å². The van der Waals surface area contributed by atoms with Gasteiger partial charge in [-0.1, -0.05) is 152 Å². The van der Waals surface area contributed by atoms with Gasteiger partial charge in [0.05, 0.1) is 22.4 Å². The second-order valence-corrected chi connectivity index (χ2v) is 14.2. The van der Waals surface area contributed by atoms with Crippen molar-refractivity contribution < 1.29 is 0 Å². The fraction of sp³-hybridized carbons (Fsp3) is 0. The van der Waals surface area contributed by atoms with Gasteiger partial charge in [0, 0.05) is 39.2 Å². The predicted molar refractivity (Wildman–Crippen MR) is 241 cm³/mol. The van der Waals surface area contributed by atoms with Gasteiger partial charge in [-0.05, 0) is 107 Å². The maximum atomic E-state index is 2.38. The third-order valence-electron chi connectivity index (χ3n) is 10.8. The molecule has 0 aliphatic carbocycles. The highest BCUT2D eigenvalue weighted by molar-refractivity contribution is 6.10. The molecule has 0 saturated heterocycles. The summed E-state index contributed by atoms with van der Waals surface area (Å²) in [7, 11) is 0. The van der Waals surface area contributed by atoms with Crippen LogP contribution in [-0.2, 0) is 0 Å². The molecule has 270 valence electrons. The van der Waals surface area contributed by atoms with Gasteiger partial charge in [-0.3, -0.25) is 0 Å². The summed E-state index contributed by atoms with van der Waals surface area (Å²) in [5.74, 6) is 0. The summed E-state index contributed by atoms with van der Waals surface area (Å²) < 4.78 is 2.38. The molecule has 3 heteroatoms. The lowest BCUT2D eigenvalue weighted by Gasteiger charge is -2.33. The van der Waals surface area contributed by atoms with Crippen molar-refractivity contribution in [3.8, 4) is 27.9 Å². The Kier molecular flexibility index (Phi) is 8.86. The van der Waals surface area contributed by atoms with E-state index in [1.54, 1.807) is 0 Å². The Balaban J connectivity index is 1.08. The highest BCUT2D eigenvalue weighted by atomic mass is 15.2. The molecule has 1 heterocycles. The van der Waals surface area contributed by atoms with Crippen LogP contribution in [0, 0.1) is 0 Å². The number of rotatable bonds is 9. The van der Waals surface area contributed by atoms with E-state index in [1.165, 1.54) is 38.5 Å². The third kappa shape index (κ3) is 6.41. The van der Waals surface area contributed by atoms with Crippen LogP contribution in [0.4, 0.5) is 34.1 Å². The molecule has 0 unspecified atom stereocenters. The quantitative estimate of drug-likeness (QED) is 0.147. The number of para-hydroxylation sites is 6. The first-order valence-electron chi connectivity index (χ1n) is 19.4. The maximum Gasteiger partial charge on any atom is 0.0702 e. The van der Waals surface area contributed by atoms with Crippen molar-refractivity contribution in [2.45, 2.75) is 0 Å². The molecule has 0 amide bonds. The molecule has 57 heavy (non-hydrogen) atoms. The molecule has 0 spiro atoms. The minimum absolute atomic E-state index is 1.07. The van der Waals surface area contributed by atoms with Crippen molar-refractivity contribution in [1.29, 1.82) is 0 Å². The minimum Gasteiger partial charge on any atom is -0.309 e. The highest BCUT2D eigenvalue weighted by Crippen LogP contribution is 2.46. The molecule has 10 aromatic rings. The summed E-state index contributed by atoms with van der Waals surface area (Å²) in [6, 6.07) is 84.6. The van der Waals surface area contributed by atoms with E-state index in [0.29, 0.717) is 0 Å². The van der Waals surface area contributed by atoms with Crippen LogP contribution in [0.25, 0.3) is 49.7 Å². The summed E-state index contributed by atoms with van der Waals surface area (Å²) in [6.07, 6.45) is 0. The van der Waals surface area contributed by atoms with E-state index in [9.17, 15) is 0 Å². The molecule has 3 nitrogen and oxygen atoms in total. The largest absolute Gasteiger partial charge is 0.309 e. The second kappa shape index (κ2) is 14.9. The van der Waals surface area contributed by atoms with Crippen LogP contribution < -0.4 is 9.80 Å². The van der Waals surface area contributed by atoms with Gasteiger partial charge in [-0.15, -0.1) is 0 Å². The van der Waals surface area contributed by atoms with E-state index in [4.69, 9.17) is 0 Å². The summed E-state index contributed by atoms with van der Waals surface area (Å²) in [6.45, 7) is 0. The highest BCUT2D eigenvalue weighted by Gasteiger charge is 2.22. The number of anilines is 6. The van der Waals surface area contributed by atoms with Gasteiger partial charge >= 0.3 is 0 Å². The summed E-state index contributed by atoms with van der Waals surface area (Å²) in [4.78, 5) is 4.72. The van der Waals surface area contributed by atoms with Crippen LogP contribution in [0.15, 0.2) is 237 Å². The zero-order valence-electron chi connectivity index (χ0n) is 31.4. The number of fused-ring (bicyclic) bond motifs is 3. The standard InChI is InChI=1S/C54H39N3/c1-5-17-40(18-6-1)41-29-34-47(35-30-41)55(44-19-7-2-8-20-44)52-27-15-16-28-53(52)56(45-21-9-3-10-22-45)48-36-31-42(32-37-48)43-33-38-50-49-25-13-14-26-51(49)57(54(50)39-43)46-23-11-4-12-24-46/h1-39H. The minimum atomic E-state index is 1.07. The van der Waals surface area contributed by atoms with Crippen LogP contribution in [0.5, 0.6) is 0 Å². The predicted octanol–water partition coefficient (Wildman–Crippen LogP) is 15.1. The zero-order chi connectivity index (χ0) is 38.0. The molecular formula is C54H39N3. The van der Waals surface area contributed by atoms with Crippen LogP contribution >= 0.6 is 0 Å². The van der Waals surface area contributed by atoms with Crippen molar-refractivity contribution >= 4 is 55.9 Å². The number of hydrogen-bond acceptors (Lipinski definition) is 2. The lowest BCUT2D eigenvalue weighted by Crippen LogP contribution is -2.16. The third-order valence-corrected chi connectivity index (χ3v) is 10.8. The van der Waals surface area contributed by atoms with Crippen LogP contribution in [0.1, 0.15) is 0 Å². The molecular weight excluding hydrogens is 691 g/mol. The van der Waals surface area contributed by atoms with E-state index in [2.05, 4.69) is 251 Å². The summed E-state index contributed by atoms with van der Waals surface area (Å²) in [5.41, 5.74) is 14.8. The molecule has 0 aliphatic rings. The van der Waals surface area contributed by atoms with E-state index in [0.717, 1.165) is 45.4 Å². The van der Waals surface area contributed by atoms with Gasteiger partial charge in [0.2, 0.25) is 0 Å². The molecule has 0 radical (unpaired) electrons. The molecule has 0 N–H and O–H groups in total. The van der Waals surface area contributed by atoms with Crippen molar-refractivity contribution in [1.82, 2.24) is 4.57 Å². The van der Waals surface area contributed by atoms with Gasteiger partial charge < -0.3 is 14.4 Å².